The van der Waals surface area contributed by atoms with Gasteiger partial charge in [-0.2, -0.15) is 0 Å². The molecule has 0 fully saturated rings. The summed E-state index contributed by atoms with van der Waals surface area (Å²) in [5.74, 6) is 0.486. The minimum Gasteiger partial charge on any atom is -0.376 e. The molecule has 0 aromatic carbocycles. The summed E-state index contributed by atoms with van der Waals surface area (Å²) in [6.07, 6.45) is 1.69. The van der Waals surface area contributed by atoms with Gasteiger partial charge in [0, 0.05) is 7.11 Å². The lowest BCUT2D eigenvalue weighted by Gasteiger charge is -2.02. The highest BCUT2D eigenvalue weighted by Gasteiger charge is 1.94. The van der Waals surface area contributed by atoms with Crippen LogP contribution >= 0.6 is 11.6 Å². The van der Waals surface area contributed by atoms with Gasteiger partial charge in [0.15, 0.2) is 0 Å². The SMILES string of the molecule is C=C[C@H](CCl)OC. The summed E-state index contributed by atoms with van der Waals surface area (Å²) < 4.78 is 4.80. The summed E-state index contributed by atoms with van der Waals surface area (Å²) in [4.78, 5) is 0. The predicted octanol–water partition coefficient (Wildman–Crippen LogP) is 1.43. The molecule has 0 saturated carbocycles. The van der Waals surface area contributed by atoms with Crippen molar-refractivity contribution in [2.45, 2.75) is 6.10 Å². The van der Waals surface area contributed by atoms with Gasteiger partial charge in [-0.3, -0.25) is 0 Å². The van der Waals surface area contributed by atoms with Gasteiger partial charge >= 0.3 is 0 Å². The first-order valence-electron chi connectivity index (χ1n) is 2.06. The van der Waals surface area contributed by atoms with Crippen LogP contribution in [0.15, 0.2) is 12.7 Å². The highest BCUT2D eigenvalue weighted by atomic mass is 35.5. The van der Waals surface area contributed by atoms with Crippen LogP contribution in [0.5, 0.6) is 0 Å². The normalized spacial score (nSPS) is 13.4. The Morgan fingerprint density at radius 1 is 2.00 bits per heavy atom. The van der Waals surface area contributed by atoms with E-state index in [9.17, 15) is 0 Å². The number of hydrogen-bond acceptors (Lipinski definition) is 1. The number of halogens is 1. The summed E-state index contributed by atoms with van der Waals surface area (Å²) >= 11 is 5.37. The first-order valence-corrected chi connectivity index (χ1v) is 2.60. The molecular weight excluding hydrogens is 112 g/mol. The summed E-state index contributed by atoms with van der Waals surface area (Å²) in [6, 6.07) is 0. The molecule has 0 N–H and O–H groups in total. The molecule has 0 rings (SSSR count). The fraction of sp³-hybridized carbons (Fsp3) is 0.600. The molecule has 1 atom stereocenters. The maximum atomic E-state index is 5.37. The lowest BCUT2D eigenvalue weighted by Crippen LogP contribution is -2.06. The van der Waals surface area contributed by atoms with E-state index in [-0.39, 0.29) is 6.10 Å². The summed E-state index contributed by atoms with van der Waals surface area (Å²) in [6.45, 7) is 3.49. The van der Waals surface area contributed by atoms with Crippen molar-refractivity contribution < 1.29 is 4.74 Å². The Morgan fingerprint density at radius 3 is 2.57 bits per heavy atom. The van der Waals surface area contributed by atoms with E-state index >= 15 is 0 Å². The molecule has 0 aromatic rings. The highest BCUT2D eigenvalue weighted by Crippen LogP contribution is 1.91. The molecule has 2 heteroatoms. The van der Waals surface area contributed by atoms with E-state index in [4.69, 9.17) is 16.3 Å². The number of alkyl halides is 1. The maximum Gasteiger partial charge on any atom is 0.0884 e. The smallest absolute Gasteiger partial charge is 0.0884 e. The van der Waals surface area contributed by atoms with E-state index in [1.54, 1.807) is 13.2 Å². The Balaban J connectivity index is 3.16. The Kier molecular flexibility index (Phi) is 4.15. The van der Waals surface area contributed by atoms with Crippen LogP contribution in [-0.2, 0) is 4.74 Å². The van der Waals surface area contributed by atoms with Crippen LogP contribution in [0.4, 0.5) is 0 Å². The van der Waals surface area contributed by atoms with Crippen LogP contribution < -0.4 is 0 Å². The van der Waals surface area contributed by atoms with Crippen molar-refractivity contribution in [3.05, 3.63) is 12.7 Å². The molecule has 0 aromatic heterocycles. The van der Waals surface area contributed by atoms with Gasteiger partial charge in [0.05, 0.1) is 12.0 Å². The third-order valence-corrected chi connectivity index (χ3v) is 1.02. The molecule has 42 valence electrons. The van der Waals surface area contributed by atoms with Crippen molar-refractivity contribution in [2.75, 3.05) is 13.0 Å². The lowest BCUT2D eigenvalue weighted by molar-refractivity contribution is 0.159. The van der Waals surface area contributed by atoms with Gasteiger partial charge in [-0.15, -0.1) is 18.2 Å². The molecule has 0 heterocycles. The van der Waals surface area contributed by atoms with E-state index in [1.165, 1.54) is 0 Å². The van der Waals surface area contributed by atoms with Gasteiger partial charge in [-0.25, -0.2) is 0 Å². The fourth-order valence-corrected chi connectivity index (χ4v) is 0.474. The van der Waals surface area contributed by atoms with Crippen molar-refractivity contribution in [2.24, 2.45) is 0 Å². The average molecular weight is 121 g/mol. The van der Waals surface area contributed by atoms with Crippen molar-refractivity contribution in [1.82, 2.24) is 0 Å². The van der Waals surface area contributed by atoms with E-state index in [1.807, 2.05) is 0 Å². The molecule has 7 heavy (non-hydrogen) atoms. The predicted molar refractivity (Wildman–Crippen MR) is 31.7 cm³/mol. The zero-order valence-corrected chi connectivity index (χ0v) is 5.11. The Labute approximate surface area is 48.9 Å². The van der Waals surface area contributed by atoms with Crippen LogP contribution in [0, 0.1) is 0 Å². The molecule has 0 aliphatic carbocycles. The van der Waals surface area contributed by atoms with Crippen LogP contribution in [0.2, 0.25) is 0 Å². The van der Waals surface area contributed by atoms with Gasteiger partial charge in [0.25, 0.3) is 0 Å². The van der Waals surface area contributed by atoms with Crippen LogP contribution in [0.3, 0.4) is 0 Å². The number of methoxy groups -OCH3 is 1. The van der Waals surface area contributed by atoms with E-state index < -0.39 is 0 Å². The van der Waals surface area contributed by atoms with Gasteiger partial charge in [-0.1, -0.05) is 6.08 Å². The van der Waals surface area contributed by atoms with E-state index in [0.29, 0.717) is 5.88 Å². The van der Waals surface area contributed by atoms with Crippen LogP contribution in [0.25, 0.3) is 0 Å². The van der Waals surface area contributed by atoms with E-state index in [2.05, 4.69) is 6.58 Å². The Morgan fingerprint density at radius 2 is 2.57 bits per heavy atom. The van der Waals surface area contributed by atoms with Crippen molar-refractivity contribution in [3.8, 4) is 0 Å². The lowest BCUT2D eigenvalue weighted by atomic mass is 10.4. The monoisotopic (exact) mass is 120 g/mol. The molecule has 0 saturated heterocycles. The number of ether oxygens (including phenoxy) is 1. The molecule has 0 amide bonds. The van der Waals surface area contributed by atoms with Crippen molar-refractivity contribution in [1.29, 1.82) is 0 Å². The summed E-state index contributed by atoms with van der Waals surface area (Å²) in [7, 11) is 1.61. The van der Waals surface area contributed by atoms with Gasteiger partial charge in [-0.05, 0) is 0 Å². The second kappa shape index (κ2) is 4.16. The molecule has 0 unspecified atom stereocenters. The minimum atomic E-state index is 0.0154. The third kappa shape index (κ3) is 2.66. The summed E-state index contributed by atoms with van der Waals surface area (Å²) in [5.41, 5.74) is 0. The minimum absolute atomic E-state index is 0.0154. The first-order chi connectivity index (χ1) is 3.35. The second-order valence-corrected chi connectivity index (χ2v) is 1.47. The standard InChI is InChI=1S/C5H9ClO/c1-3-5(4-6)7-2/h3,5H,1,4H2,2H3/t5-/m1/s1. The molecule has 0 radical (unpaired) electrons. The van der Waals surface area contributed by atoms with Gasteiger partial charge in [0.1, 0.15) is 0 Å². The Hall–Kier alpha value is -0.0100. The van der Waals surface area contributed by atoms with Gasteiger partial charge < -0.3 is 4.74 Å². The zero-order chi connectivity index (χ0) is 5.70. The maximum absolute atomic E-state index is 5.37. The van der Waals surface area contributed by atoms with Crippen LogP contribution in [-0.4, -0.2) is 19.1 Å². The molecule has 0 aliphatic rings. The molecule has 1 nitrogen and oxygen atoms in total. The molecular formula is C5H9ClO. The number of hydrogen-bond donors (Lipinski definition) is 0. The Bertz CT molecular complexity index is 50.0. The largest absolute Gasteiger partial charge is 0.376 e. The zero-order valence-electron chi connectivity index (χ0n) is 4.36. The number of rotatable bonds is 3. The van der Waals surface area contributed by atoms with Crippen molar-refractivity contribution >= 4 is 11.6 Å². The fourth-order valence-electron chi connectivity index (χ4n) is 0.222. The first kappa shape index (κ1) is 6.99. The van der Waals surface area contributed by atoms with Crippen molar-refractivity contribution in [3.63, 3.8) is 0 Å². The summed E-state index contributed by atoms with van der Waals surface area (Å²) in [5, 5.41) is 0. The highest BCUT2D eigenvalue weighted by molar-refractivity contribution is 6.18. The second-order valence-electron chi connectivity index (χ2n) is 1.16. The topological polar surface area (TPSA) is 9.23 Å². The van der Waals surface area contributed by atoms with Crippen LogP contribution in [0.1, 0.15) is 0 Å². The average Bonchev–Trinajstić information content (AvgIpc) is 1.72. The van der Waals surface area contributed by atoms with Gasteiger partial charge in [0.2, 0.25) is 0 Å². The molecule has 0 aliphatic heterocycles. The van der Waals surface area contributed by atoms with E-state index in [0.717, 1.165) is 0 Å². The third-order valence-electron chi connectivity index (χ3n) is 0.718. The molecule has 0 bridgehead atoms. The quantitative estimate of drug-likeness (QED) is 0.405. The molecule has 0 spiro atoms.